The van der Waals surface area contributed by atoms with E-state index in [1.165, 1.54) is 122 Å². The number of rotatable bonds is 72. The Balaban J connectivity index is 5.25. The van der Waals surface area contributed by atoms with E-state index in [-0.39, 0.29) is 25.7 Å². The first kappa shape index (κ1) is 91.0. The van der Waals surface area contributed by atoms with Crippen molar-refractivity contribution in [2.24, 2.45) is 0 Å². The van der Waals surface area contributed by atoms with Crippen molar-refractivity contribution in [1.29, 1.82) is 0 Å². The topological polar surface area (TPSA) is 237 Å². The number of phosphoric acid groups is 2. The highest BCUT2D eigenvalue weighted by Crippen LogP contribution is 2.45. The van der Waals surface area contributed by atoms with Gasteiger partial charge in [-0.15, -0.1) is 0 Å². The molecule has 0 aromatic heterocycles. The fraction of sp³-hybridized carbons (Fsp3) is 0.840. The highest BCUT2D eigenvalue weighted by molar-refractivity contribution is 7.47. The number of carbonyl (C=O) groups is 4. The molecule has 0 heterocycles. The SMILES string of the molecule is CC/C=C\C/C=C\C/C=C\CCCCCCCCCC(=O)OCC(COP(=O)(O)OCC(O)COP(=O)(O)OCC(COC(=O)CCCCCCCCCCCCCCCCC)OC(=O)CCCCCCCCCCCCC)OC(=O)CCCCCCC/C=C\CCCC. The van der Waals surface area contributed by atoms with Gasteiger partial charge < -0.3 is 33.8 Å². The zero-order valence-corrected chi connectivity index (χ0v) is 61.7. The van der Waals surface area contributed by atoms with E-state index in [4.69, 9.17) is 37.0 Å². The van der Waals surface area contributed by atoms with Crippen molar-refractivity contribution in [3.8, 4) is 0 Å². The minimum Gasteiger partial charge on any atom is -0.462 e. The molecule has 0 rings (SSSR count). The first-order chi connectivity index (χ1) is 45.7. The average Bonchev–Trinajstić information content (AvgIpc) is 1.32. The molecule has 0 spiro atoms. The summed E-state index contributed by atoms with van der Waals surface area (Å²) in [4.78, 5) is 72.7. The van der Waals surface area contributed by atoms with Crippen LogP contribution in [0, 0.1) is 0 Å². The number of hydrogen-bond donors (Lipinski definition) is 3. The van der Waals surface area contributed by atoms with Crippen molar-refractivity contribution in [3.63, 3.8) is 0 Å². The van der Waals surface area contributed by atoms with Gasteiger partial charge in [0.1, 0.15) is 19.3 Å². The maximum Gasteiger partial charge on any atom is 0.472 e. The number of esters is 4. The second kappa shape index (κ2) is 68.5. The first-order valence-electron chi connectivity index (χ1n) is 37.9. The van der Waals surface area contributed by atoms with Gasteiger partial charge >= 0.3 is 39.5 Å². The van der Waals surface area contributed by atoms with Crippen LogP contribution in [0.5, 0.6) is 0 Å². The van der Waals surface area contributed by atoms with Crippen molar-refractivity contribution in [1.82, 2.24) is 0 Å². The maximum absolute atomic E-state index is 13.0. The molecule has 0 radical (unpaired) electrons. The second-order valence-corrected chi connectivity index (χ2v) is 28.5. The van der Waals surface area contributed by atoms with Gasteiger partial charge in [-0.25, -0.2) is 9.13 Å². The predicted octanol–water partition coefficient (Wildman–Crippen LogP) is 21.3. The van der Waals surface area contributed by atoms with E-state index in [2.05, 4.69) is 76.3 Å². The minimum atomic E-state index is -4.96. The summed E-state index contributed by atoms with van der Waals surface area (Å²) in [6, 6.07) is 0. The van der Waals surface area contributed by atoms with Gasteiger partial charge in [-0.05, 0) is 77.0 Å². The summed E-state index contributed by atoms with van der Waals surface area (Å²) >= 11 is 0. The Morgan fingerprint density at radius 1 is 0.309 bits per heavy atom. The quantitative estimate of drug-likeness (QED) is 0.0169. The zero-order chi connectivity index (χ0) is 69.0. The van der Waals surface area contributed by atoms with E-state index in [1.54, 1.807) is 0 Å². The lowest BCUT2D eigenvalue weighted by molar-refractivity contribution is -0.161. The van der Waals surface area contributed by atoms with E-state index in [0.717, 1.165) is 148 Å². The van der Waals surface area contributed by atoms with Crippen LogP contribution in [0.1, 0.15) is 349 Å². The van der Waals surface area contributed by atoms with Gasteiger partial charge in [0.25, 0.3) is 0 Å². The van der Waals surface area contributed by atoms with Crippen LogP contribution in [0.2, 0.25) is 0 Å². The number of unbranched alkanes of at least 4 members (excludes halogenated alkanes) is 38. The van der Waals surface area contributed by atoms with Gasteiger partial charge in [-0.1, -0.05) is 295 Å². The van der Waals surface area contributed by atoms with Crippen LogP contribution in [0.25, 0.3) is 0 Å². The lowest BCUT2D eigenvalue weighted by Gasteiger charge is -2.21. The smallest absolute Gasteiger partial charge is 0.462 e. The van der Waals surface area contributed by atoms with Crippen LogP contribution in [0.15, 0.2) is 48.6 Å². The van der Waals surface area contributed by atoms with Gasteiger partial charge in [-0.2, -0.15) is 0 Å². The number of allylic oxidation sites excluding steroid dienone is 8. The van der Waals surface area contributed by atoms with E-state index in [1.807, 2.05) is 0 Å². The molecule has 19 heteroatoms. The Kier molecular flexibility index (Phi) is 66.4. The summed E-state index contributed by atoms with van der Waals surface area (Å²) in [5.74, 6) is -2.16. The van der Waals surface area contributed by atoms with Crippen LogP contribution in [0.4, 0.5) is 0 Å². The molecule has 0 bridgehead atoms. The number of hydrogen-bond acceptors (Lipinski definition) is 15. The molecule has 0 aliphatic heterocycles. The number of phosphoric ester groups is 2. The molecule has 0 aromatic carbocycles. The van der Waals surface area contributed by atoms with Gasteiger partial charge in [0.15, 0.2) is 12.2 Å². The molecule has 5 unspecified atom stereocenters. The lowest BCUT2D eigenvalue weighted by atomic mass is 10.0. The zero-order valence-electron chi connectivity index (χ0n) is 59.9. The Labute approximate surface area is 572 Å². The fourth-order valence-electron chi connectivity index (χ4n) is 10.5. The molecule has 5 atom stereocenters. The summed E-state index contributed by atoms with van der Waals surface area (Å²) in [5, 5.41) is 10.6. The standard InChI is InChI=1S/C75H138O17P2/c1-5-9-13-17-21-25-29-31-33-34-36-38-42-44-48-52-56-60-73(78)86-66-71(92-75(80)62-58-54-50-46-40-28-24-20-16-12-8-4)68-90-94(83,84)88-64-69(76)63-87-93(81,82)89-67-70(91-74(79)61-57-53-49-45-39-27-23-19-15-11-7-3)65-85-72(77)59-55-51-47-43-41-37-35-32-30-26-22-18-14-10-6-2/h9,13,20-21,24-25,31,33,69-71,76H,5-8,10-12,14-19,22-23,26-30,32,34-68H2,1-4H3,(H,81,82)(H,83,84)/b13-9-,24-20-,25-21-,33-31-. The van der Waals surface area contributed by atoms with Crippen molar-refractivity contribution < 1.29 is 80.2 Å². The molecule has 550 valence electrons. The van der Waals surface area contributed by atoms with Gasteiger partial charge in [-0.3, -0.25) is 37.3 Å². The van der Waals surface area contributed by atoms with E-state index >= 15 is 0 Å². The molecule has 94 heavy (non-hydrogen) atoms. The van der Waals surface area contributed by atoms with Crippen LogP contribution >= 0.6 is 15.6 Å². The Hall–Kier alpha value is -2.98. The van der Waals surface area contributed by atoms with Crippen LogP contribution < -0.4 is 0 Å². The summed E-state index contributed by atoms with van der Waals surface area (Å²) < 4.78 is 68.4. The van der Waals surface area contributed by atoms with Crippen LogP contribution in [-0.4, -0.2) is 96.7 Å². The maximum atomic E-state index is 13.0. The monoisotopic (exact) mass is 1370 g/mol. The highest BCUT2D eigenvalue weighted by Gasteiger charge is 2.30. The molecule has 0 amide bonds. The van der Waals surface area contributed by atoms with Crippen molar-refractivity contribution in [2.75, 3.05) is 39.6 Å². The van der Waals surface area contributed by atoms with E-state index in [9.17, 15) is 43.2 Å². The first-order valence-corrected chi connectivity index (χ1v) is 40.9. The van der Waals surface area contributed by atoms with Gasteiger partial charge in [0, 0.05) is 25.7 Å². The van der Waals surface area contributed by atoms with Crippen molar-refractivity contribution >= 4 is 39.5 Å². The third-order valence-electron chi connectivity index (χ3n) is 16.3. The fourth-order valence-corrected chi connectivity index (χ4v) is 12.1. The van der Waals surface area contributed by atoms with Crippen LogP contribution in [-0.2, 0) is 65.4 Å². The molecular formula is C75H138O17P2. The third kappa shape index (κ3) is 67.6. The normalized spacial score (nSPS) is 14.2. The third-order valence-corrected chi connectivity index (χ3v) is 18.2. The molecule has 0 aliphatic rings. The molecule has 0 saturated heterocycles. The van der Waals surface area contributed by atoms with Gasteiger partial charge in [0.05, 0.1) is 26.4 Å². The Morgan fingerprint density at radius 2 is 0.564 bits per heavy atom. The van der Waals surface area contributed by atoms with Crippen LogP contribution in [0.3, 0.4) is 0 Å². The summed E-state index contributed by atoms with van der Waals surface area (Å²) in [5.41, 5.74) is 0. The Morgan fingerprint density at radius 3 is 0.894 bits per heavy atom. The Bertz CT molecular complexity index is 1980. The molecule has 0 aromatic rings. The number of ether oxygens (including phenoxy) is 4. The highest BCUT2D eigenvalue weighted by atomic mass is 31.2. The minimum absolute atomic E-state index is 0.0866. The molecule has 3 N–H and O–H groups in total. The molecule has 17 nitrogen and oxygen atoms in total. The average molecular weight is 1370 g/mol. The van der Waals surface area contributed by atoms with E-state index in [0.29, 0.717) is 25.7 Å². The molecular weight excluding hydrogens is 1230 g/mol. The molecule has 0 saturated carbocycles. The molecule has 0 aliphatic carbocycles. The predicted molar refractivity (Wildman–Crippen MR) is 381 cm³/mol. The second-order valence-electron chi connectivity index (χ2n) is 25.6. The lowest BCUT2D eigenvalue weighted by Crippen LogP contribution is -2.30. The van der Waals surface area contributed by atoms with Gasteiger partial charge in [0.2, 0.25) is 0 Å². The van der Waals surface area contributed by atoms with Crippen molar-refractivity contribution in [2.45, 2.75) is 367 Å². The largest absolute Gasteiger partial charge is 0.472 e. The summed E-state index contributed by atoms with van der Waals surface area (Å²) in [6.45, 7) is 4.76. The number of aliphatic hydroxyl groups excluding tert-OH is 1. The number of carbonyl (C=O) groups excluding carboxylic acids is 4. The molecule has 0 fully saturated rings. The number of aliphatic hydroxyl groups is 1. The van der Waals surface area contributed by atoms with Crippen molar-refractivity contribution in [3.05, 3.63) is 48.6 Å². The van der Waals surface area contributed by atoms with E-state index < -0.39 is 97.5 Å². The summed E-state index contributed by atoms with van der Waals surface area (Å²) in [7, 11) is -9.92. The summed E-state index contributed by atoms with van der Waals surface area (Å²) in [6.07, 6.45) is 64.0.